The number of carbonyl (C=O) groups excluding carboxylic acids is 3. The van der Waals surface area contributed by atoms with Crippen molar-refractivity contribution in [2.75, 3.05) is 25.0 Å². The third-order valence-electron chi connectivity index (χ3n) is 4.30. The van der Waals surface area contributed by atoms with Gasteiger partial charge in [0.1, 0.15) is 0 Å². The molecule has 0 spiro atoms. The van der Waals surface area contributed by atoms with Gasteiger partial charge >= 0.3 is 12.0 Å². The number of primary amides is 1. The van der Waals surface area contributed by atoms with Crippen molar-refractivity contribution in [1.82, 2.24) is 4.90 Å². The van der Waals surface area contributed by atoms with E-state index in [9.17, 15) is 14.4 Å². The minimum absolute atomic E-state index is 0.176. The molecule has 0 unspecified atom stereocenters. The number of anilines is 1. The Morgan fingerprint density at radius 1 is 1.24 bits per heavy atom. The molecule has 1 aromatic carbocycles. The molecule has 0 radical (unpaired) electrons. The topological polar surface area (TPSA) is 102 Å². The molecule has 1 fully saturated rings. The van der Waals surface area contributed by atoms with Gasteiger partial charge in [-0.15, -0.1) is 0 Å². The van der Waals surface area contributed by atoms with Crippen LogP contribution in [0.4, 0.5) is 10.5 Å². The van der Waals surface area contributed by atoms with E-state index in [-0.39, 0.29) is 17.9 Å². The van der Waals surface area contributed by atoms with Gasteiger partial charge < -0.3 is 20.7 Å². The van der Waals surface area contributed by atoms with Crippen LogP contribution < -0.4 is 11.1 Å². The first-order chi connectivity index (χ1) is 12.0. The molecule has 1 heterocycles. The number of hydrogen-bond acceptors (Lipinski definition) is 4. The molecule has 136 valence electrons. The maximum atomic E-state index is 12.4. The van der Waals surface area contributed by atoms with E-state index in [1.807, 2.05) is 6.92 Å². The zero-order valence-corrected chi connectivity index (χ0v) is 14.5. The molecule has 1 aliphatic rings. The summed E-state index contributed by atoms with van der Waals surface area (Å²) in [6, 6.07) is 6.48. The van der Waals surface area contributed by atoms with Gasteiger partial charge in [0.15, 0.2) is 0 Å². The van der Waals surface area contributed by atoms with Gasteiger partial charge in [-0.1, -0.05) is 25.5 Å². The molecule has 1 aromatic rings. The Balaban J connectivity index is 1.97. The molecule has 7 heteroatoms. The van der Waals surface area contributed by atoms with Gasteiger partial charge in [-0.2, -0.15) is 0 Å². The van der Waals surface area contributed by atoms with Crippen molar-refractivity contribution in [3.63, 3.8) is 0 Å². The van der Waals surface area contributed by atoms with E-state index in [4.69, 9.17) is 10.5 Å². The van der Waals surface area contributed by atoms with Crippen molar-refractivity contribution in [2.45, 2.75) is 32.6 Å². The Hall–Kier alpha value is -2.57. The lowest BCUT2D eigenvalue weighted by Gasteiger charge is -2.30. The van der Waals surface area contributed by atoms with E-state index < -0.39 is 5.97 Å². The van der Waals surface area contributed by atoms with Crippen molar-refractivity contribution >= 4 is 23.6 Å². The summed E-state index contributed by atoms with van der Waals surface area (Å²) in [6.07, 6.45) is 2.86. The van der Waals surface area contributed by atoms with E-state index in [1.54, 1.807) is 29.2 Å². The molecule has 1 saturated heterocycles. The smallest absolute Gasteiger partial charge is 0.340 e. The maximum Gasteiger partial charge on any atom is 0.340 e. The van der Waals surface area contributed by atoms with E-state index in [2.05, 4.69) is 5.32 Å². The molecule has 0 aliphatic carbocycles. The van der Waals surface area contributed by atoms with Gasteiger partial charge in [0.2, 0.25) is 5.91 Å². The fourth-order valence-corrected chi connectivity index (χ4v) is 2.72. The molecule has 0 saturated carbocycles. The highest BCUT2D eigenvalue weighted by Crippen LogP contribution is 2.20. The number of esters is 1. The van der Waals surface area contributed by atoms with E-state index in [0.29, 0.717) is 43.8 Å². The Labute approximate surface area is 147 Å². The van der Waals surface area contributed by atoms with Crippen LogP contribution in [0.1, 0.15) is 43.0 Å². The fourth-order valence-electron chi connectivity index (χ4n) is 2.72. The number of carbonyl (C=O) groups is 3. The van der Waals surface area contributed by atoms with Crippen molar-refractivity contribution in [3.8, 4) is 0 Å². The summed E-state index contributed by atoms with van der Waals surface area (Å²) in [5, 5.41) is 2.77. The summed E-state index contributed by atoms with van der Waals surface area (Å²) in [4.78, 5) is 37.4. The molecule has 7 nitrogen and oxygen atoms in total. The molecule has 2 rings (SSSR count). The van der Waals surface area contributed by atoms with Gasteiger partial charge in [-0.25, -0.2) is 9.59 Å². The molecule has 0 atom stereocenters. The van der Waals surface area contributed by atoms with Crippen LogP contribution in [0.25, 0.3) is 0 Å². The number of likely N-dealkylation sites (tertiary alicyclic amines) is 1. The second-order valence-corrected chi connectivity index (χ2v) is 6.13. The van der Waals surface area contributed by atoms with Crippen LogP contribution in [-0.2, 0) is 9.53 Å². The highest BCUT2D eigenvalue weighted by Gasteiger charge is 2.26. The minimum Gasteiger partial charge on any atom is -0.462 e. The Kier molecular flexibility index (Phi) is 6.80. The second-order valence-electron chi connectivity index (χ2n) is 6.13. The van der Waals surface area contributed by atoms with Crippen LogP contribution in [-0.4, -0.2) is 42.5 Å². The largest absolute Gasteiger partial charge is 0.462 e. The number of amides is 3. The number of nitrogens with zero attached hydrogens (tertiary/aromatic N) is 1. The number of nitrogens with two attached hydrogens (primary N) is 1. The zero-order chi connectivity index (χ0) is 18.2. The predicted molar refractivity (Wildman–Crippen MR) is 94.1 cm³/mol. The van der Waals surface area contributed by atoms with E-state index in [1.165, 1.54) is 0 Å². The van der Waals surface area contributed by atoms with Gasteiger partial charge in [0, 0.05) is 19.0 Å². The van der Waals surface area contributed by atoms with Gasteiger partial charge in [-0.05, 0) is 31.4 Å². The van der Waals surface area contributed by atoms with Crippen molar-refractivity contribution < 1.29 is 19.1 Å². The van der Waals surface area contributed by atoms with Gasteiger partial charge in [0.25, 0.3) is 0 Å². The van der Waals surface area contributed by atoms with Crippen molar-refractivity contribution in [2.24, 2.45) is 11.7 Å². The van der Waals surface area contributed by atoms with E-state index >= 15 is 0 Å². The zero-order valence-electron chi connectivity index (χ0n) is 14.5. The van der Waals surface area contributed by atoms with Gasteiger partial charge in [-0.3, -0.25) is 4.79 Å². The average Bonchev–Trinajstić information content (AvgIpc) is 2.62. The normalized spacial score (nSPS) is 14.8. The molecule has 3 amide bonds. The molecule has 1 aliphatic heterocycles. The Morgan fingerprint density at radius 2 is 1.92 bits per heavy atom. The van der Waals surface area contributed by atoms with Gasteiger partial charge in [0.05, 0.1) is 17.9 Å². The number of para-hydroxylation sites is 1. The number of nitrogens with one attached hydrogen (secondary N) is 1. The van der Waals surface area contributed by atoms with Crippen molar-refractivity contribution in [1.29, 1.82) is 0 Å². The average molecular weight is 347 g/mol. The highest BCUT2D eigenvalue weighted by atomic mass is 16.5. The summed E-state index contributed by atoms with van der Waals surface area (Å²) in [7, 11) is 0. The third kappa shape index (κ3) is 5.20. The molecule has 0 bridgehead atoms. The second kappa shape index (κ2) is 9.05. The van der Waals surface area contributed by atoms with Crippen LogP contribution in [0.5, 0.6) is 0 Å². The Bertz CT molecular complexity index is 625. The lowest BCUT2D eigenvalue weighted by Crippen LogP contribution is -2.43. The highest BCUT2D eigenvalue weighted by molar-refractivity contribution is 6.00. The third-order valence-corrected chi connectivity index (χ3v) is 4.30. The minimum atomic E-state index is -0.447. The monoisotopic (exact) mass is 347 g/mol. The van der Waals surface area contributed by atoms with Crippen LogP contribution in [0, 0.1) is 5.92 Å². The number of urea groups is 1. The molecular formula is C18H25N3O4. The molecule has 0 aromatic heterocycles. The SMILES string of the molecule is CCCCOC(=O)c1ccccc1NC(=O)N1CCC(C(N)=O)CC1. The molecule has 3 N–H and O–H groups in total. The number of benzene rings is 1. The predicted octanol–water partition coefficient (Wildman–Crippen LogP) is 2.37. The number of piperidine rings is 1. The first-order valence-electron chi connectivity index (χ1n) is 8.64. The Morgan fingerprint density at radius 3 is 2.56 bits per heavy atom. The fraction of sp³-hybridized carbons (Fsp3) is 0.500. The van der Waals surface area contributed by atoms with E-state index in [0.717, 1.165) is 12.8 Å². The van der Waals surface area contributed by atoms with Crippen LogP contribution in [0.15, 0.2) is 24.3 Å². The summed E-state index contributed by atoms with van der Waals surface area (Å²) >= 11 is 0. The molecular weight excluding hydrogens is 322 g/mol. The number of rotatable bonds is 6. The number of ether oxygens (including phenoxy) is 1. The summed E-state index contributed by atoms with van der Waals surface area (Å²) in [6.45, 7) is 3.30. The lowest BCUT2D eigenvalue weighted by atomic mass is 9.96. The number of hydrogen-bond donors (Lipinski definition) is 2. The summed E-state index contributed by atoms with van der Waals surface area (Å²) in [5.41, 5.74) is 6.06. The number of unbranched alkanes of at least 4 members (excludes halogenated alkanes) is 1. The quantitative estimate of drug-likeness (QED) is 0.609. The lowest BCUT2D eigenvalue weighted by molar-refractivity contribution is -0.122. The van der Waals surface area contributed by atoms with Crippen molar-refractivity contribution in [3.05, 3.63) is 29.8 Å². The van der Waals surface area contributed by atoms with Crippen LogP contribution >= 0.6 is 0 Å². The summed E-state index contributed by atoms with van der Waals surface area (Å²) in [5.74, 6) is -0.943. The standard InChI is InChI=1S/C18H25N3O4/c1-2-3-12-25-17(23)14-6-4-5-7-15(14)20-18(24)21-10-8-13(9-11-21)16(19)22/h4-7,13H,2-3,8-12H2,1H3,(H2,19,22)(H,20,24). The first kappa shape index (κ1) is 18.8. The maximum absolute atomic E-state index is 12.4. The molecule has 25 heavy (non-hydrogen) atoms. The van der Waals surface area contributed by atoms with Crippen LogP contribution in [0.2, 0.25) is 0 Å². The summed E-state index contributed by atoms with van der Waals surface area (Å²) < 4.78 is 5.22. The van der Waals surface area contributed by atoms with Crippen LogP contribution in [0.3, 0.4) is 0 Å². The first-order valence-corrected chi connectivity index (χ1v) is 8.64.